The smallest absolute Gasteiger partial charge is 0.0985 e. The summed E-state index contributed by atoms with van der Waals surface area (Å²) in [5.74, 6) is 0. The van der Waals surface area contributed by atoms with E-state index < -0.39 is 0 Å². The number of hydrogen-bond acceptors (Lipinski definition) is 0. The summed E-state index contributed by atoms with van der Waals surface area (Å²) in [4.78, 5) is 0. The molecule has 0 saturated heterocycles. The monoisotopic (exact) mass is 214 g/mol. The molecule has 2 heteroatoms. The zero-order valence-corrected chi connectivity index (χ0v) is 9.90. The van der Waals surface area contributed by atoms with Gasteiger partial charge in [0.2, 0.25) is 0 Å². The van der Waals surface area contributed by atoms with E-state index in [0.717, 1.165) is 32.8 Å². The van der Waals surface area contributed by atoms with Crippen LogP contribution in [0, 0.1) is 0 Å². The van der Waals surface area contributed by atoms with Crippen molar-refractivity contribution in [3.05, 3.63) is 48.0 Å². The third-order valence-corrected chi connectivity index (χ3v) is 2.77. The molecule has 0 spiro atoms. The number of allylic oxidation sites excluding steroid dienone is 1. The van der Waals surface area contributed by atoms with E-state index in [1.165, 1.54) is 0 Å². The van der Waals surface area contributed by atoms with E-state index in [0.29, 0.717) is 0 Å². The Morgan fingerprint density at radius 3 is 2.00 bits per heavy atom. The molecule has 0 nitrogen and oxygen atoms in total. The van der Waals surface area contributed by atoms with Gasteiger partial charge in [-0.1, -0.05) is 47.9 Å². The molecule has 78 valence electrons. The topological polar surface area (TPSA) is 0 Å². The number of benzene rings is 2. The van der Waals surface area contributed by atoms with Crippen LogP contribution in [0.15, 0.2) is 36.9 Å². The van der Waals surface area contributed by atoms with E-state index in [4.69, 9.17) is 15.7 Å². The van der Waals surface area contributed by atoms with Gasteiger partial charge >= 0.3 is 0 Å². The van der Waals surface area contributed by atoms with Gasteiger partial charge in [0, 0.05) is 0 Å². The van der Waals surface area contributed by atoms with Crippen molar-refractivity contribution in [3.63, 3.8) is 0 Å². The van der Waals surface area contributed by atoms with Gasteiger partial charge in [-0.3, -0.25) is 0 Å². The Morgan fingerprint density at radius 2 is 1.47 bits per heavy atom. The average Bonchev–Trinajstić information content (AvgIpc) is 2.30. The van der Waals surface area contributed by atoms with Crippen LogP contribution >= 0.6 is 0 Å². The number of fused-ring (bicyclic) bond motifs is 1. The van der Waals surface area contributed by atoms with Crippen LogP contribution in [0.2, 0.25) is 0 Å². The van der Waals surface area contributed by atoms with Gasteiger partial charge in [-0.25, -0.2) is 0 Å². The Bertz CT molecular complexity index is 610. The van der Waals surface area contributed by atoms with Crippen LogP contribution in [-0.4, -0.2) is 15.7 Å². The maximum Gasteiger partial charge on any atom is 0.114 e. The van der Waals surface area contributed by atoms with E-state index in [2.05, 4.69) is 6.58 Å². The van der Waals surface area contributed by atoms with Crippen molar-refractivity contribution >= 4 is 49.5 Å². The second kappa shape index (κ2) is 4.67. The highest BCUT2D eigenvalue weighted by molar-refractivity contribution is 6.44. The van der Waals surface area contributed by atoms with Crippen molar-refractivity contribution in [2.24, 2.45) is 0 Å². The van der Waals surface area contributed by atoms with Crippen molar-refractivity contribution in [1.29, 1.82) is 0 Å². The van der Waals surface area contributed by atoms with Gasteiger partial charge in [-0.2, -0.15) is 0 Å². The molecular formula is C15H12B2. The Labute approximate surface area is 105 Å². The zero-order chi connectivity index (χ0) is 12.4. The zero-order valence-electron chi connectivity index (χ0n) is 9.90. The summed E-state index contributed by atoms with van der Waals surface area (Å²) in [5.41, 5.74) is 3.53. The van der Waals surface area contributed by atoms with Gasteiger partial charge < -0.3 is 0 Å². The Balaban J connectivity index is 2.80. The second-order valence-electron chi connectivity index (χ2n) is 4.02. The fraction of sp³-hybridized carbons (Fsp3) is 0.0667. The Kier molecular flexibility index (Phi) is 3.23. The highest BCUT2D eigenvalue weighted by Crippen LogP contribution is 2.15. The first-order chi connectivity index (χ1) is 8.15. The molecule has 0 aromatic heterocycles. The fourth-order valence-electron chi connectivity index (χ4n) is 1.97. The molecule has 0 saturated carbocycles. The molecular weight excluding hydrogens is 202 g/mol. The van der Waals surface area contributed by atoms with Gasteiger partial charge in [-0.05, 0) is 41.0 Å². The lowest BCUT2D eigenvalue weighted by molar-refractivity contribution is 1.71. The van der Waals surface area contributed by atoms with Crippen LogP contribution in [0.5, 0.6) is 0 Å². The van der Waals surface area contributed by atoms with Crippen molar-refractivity contribution < 1.29 is 0 Å². The molecule has 17 heavy (non-hydrogen) atoms. The molecule has 0 atom stereocenters. The molecule has 0 aliphatic heterocycles. The van der Waals surface area contributed by atoms with E-state index in [9.17, 15) is 0 Å². The predicted molar refractivity (Wildman–Crippen MR) is 79.5 cm³/mol. The summed E-state index contributed by atoms with van der Waals surface area (Å²) in [6.07, 6.45) is 5.76. The lowest BCUT2D eigenvalue weighted by Crippen LogP contribution is -2.12. The summed E-state index contributed by atoms with van der Waals surface area (Å²) < 4.78 is 0. The summed E-state index contributed by atoms with van der Waals surface area (Å²) in [7, 11) is 12.1. The quantitative estimate of drug-likeness (QED) is 0.671. The predicted octanol–water partition coefficient (Wildman–Crippen LogP) is 2.10. The van der Waals surface area contributed by atoms with E-state index in [1.807, 2.05) is 43.3 Å². The van der Waals surface area contributed by atoms with Crippen LogP contribution < -0.4 is 10.9 Å². The van der Waals surface area contributed by atoms with Crippen molar-refractivity contribution in [2.75, 3.05) is 0 Å². The highest BCUT2D eigenvalue weighted by atomic mass is 14.0. The molecule has 0 fully saturated rings. The number of rotatable bonds is 2. The maximum absolute atomic E-state index is 6.06. The molecule has 0 aliphatic carbocycles. The lowest BCUT2D eigenvalue weighted by atomic mass is 9.81. The molecule has 0 amide bonds. The van der Waals surface area contributed by atoms with Gasteiger partial charge in [0.1, 0.15) is 15.7 Å². The molecule has 2 aromatic rings. The minimum Gasteiger partial charge on any atom is -0.0985 e. The molecule has 2 aromatic carbocycles. The fourth-order valence-corrected chi connectivity index (χ4v) is 1.97. The minimum atomic E-state index is 0.732. The van der Waals surface area contributed by atoms with Crippen LogP contribution in [0.3, 0.4) is 0 Å². The van der Waals surface area contributed by atoms with Gasteiger partial charge in [0.05, 0.1) is 0 Å². The third kappa shape index (κ3) is 2.21. The summed E-state index contributed by atoms with van der Waals surface area (Å²) in [6.45, 7) is 5.72. The summed E-state index contributed by atoms with van der Waals surface area (Å²) in [5, 5.41) is 1.97. The standard InChI is InChI=1S/C15H12B2/c1-3-5-11-7-13-12(15(17)9-11)6-10(4-2)8-14(13)16/h3-9H,2H2,1H3/b5-3-. The average molecular weight is 214 g/mol. The number of hydrogen-bond donors (Lipinski definition) is 0. The molecule has 0 unspecified atom stereocenters. The largest absolute Gasteiger partial charge is 0.114 e. The van der Waals surface area contributed by atoms with Crippen LogP contribution in [0.4, 0.5) is 0 Å². The van der Waals surface area contributed by atoms with Crippen LogP contribution in [0.25, 0.3) is 22.9 Å². The van der Waals surface area contributed by atoms with E-state index in [1.54, 1.807) is 6.08 Å². The van der Waals surface area contributed by atoms with Gasteiger partial charge in [0.15, 0.2) is 0 Å². The molecule has 0 N–H and O–H groups in total. The third-order valence-electron chi connectivity index (χ3n) is 2.77. The van der Waals surface area contributed by atoms with E-state index in [-0.39, 0.29) is 0 Å². The van der Waals surface area contributed by atoms with Gasteiger partial charge in [-0.15, -0.1) is 0 Å². The lowest BCUT2D eigenvalue weighted by Gasteiger charge is -2.10. The highest BCUT2D eigenvalue weighted by Gasteiger charge is 2.03. The van der Waals surface area contributed by atoms with Crippen molar-refractivity contribution in [1.82, 2.24) is 0 Å². The first kappa shape index (κ1) is 11.8. The maximum atomic E-state index is 6.06. The molecule has 0 aliphatic rings. The molecule has 2 rings (SSSR count). The summed E-state index contributed by atoms with van der Waals surface area (Å²) >= 11 is 0. The SMILES string of the molecule is [B]c1cc(/C=C\C)cc2c([B])cc(C=C)cc12. The van der Waals surface area contributed by atoms with Crippen LogP contribution in [-0.2, 0) is 0 Å². The van der Waals surface area contributed by atoms with Crippen LogP contribution in [0.1, 0.15) is 18.1 Å². The first-order valence-corrected chi connectivity index (χ1v) is 5.53. The first-order valence-electron chi connectivity index (χ1n) is 5.53. The Hall–Kier alpha value is -1.69. The molecule has 0 bridgehead atoms. The minimum absolute atomic E-state index is 0.732. The van der Waals surface area contributed by atoms with Gasteiger partial charge in [0.25, 0.3) is 0 Å². The van der Waals surface area contributed by atoms with Crippen molar-refractivity contribution in [3.8, 4) is 0 Å². The second-order valence-corrected chi connectivity index (χ2v) is 4.02. The molecule has 4 radical (unpaired) electrons. The normalized spacial score (nSPS) is 11.1. The molecule has 0 heterocycles. The summed E-state index contributed by atoms with van der Waals surface area (Å²) in [6, 6.07) is 7.92. The Morgan fingerprint density at radius 1 is 0.941 bits per heavy atom. The van der Waals surface area contributed by atoms with Crippen molar-refractivity contribution in [2.45, 2.75) is 6.92 Å². The van der Waals surface area contributed by atoms with E-state index >= 15 is 0 Å².